The van der Waals surface area contributed by atoms with Crippen LogP contribution >= 0.6 is 38.9 Å². The Morgan fingerprint density at radius 1 is 1.12 bits per heavy atom. The van der Waals surface area contributed by atoms with Gasteiger partial charge in [-0.3, -0.25) is 9.36 Å². The minimum Gasteiger partial charge on any atom is -0.497 e. The highest BCUT2D eigenvalue weighted by atomic mass is 79.9. The number of carbonyl (C=O) groups excluding carboxylic acids is 1. The number of hydrogen-bond donors (Lipinski definition) is 0. The van der Waals surface area contributed by atoms with Crippen molar-refractivity contribution in [3.05, 3.63) is 118 Å². The number of benzene rings is 3. The predicted octanol–water partition coefficient (Wildman–Crippen LogP) is 5.81. The molecule has 4 aromatic rings. The van der Waals surface area contributed by atoms with Gasteiger partial charge in [-0.15, -0.1) is 0 Å². The molecule has 1 aromatic heterocycles. The molecule has 0 fully saturated rings. The lowest BCUT2D eigenvalue weighted by molar-refractivity contribution is -0.139. The van der Waals surface area contributed by atoms with E-state index in [9.17, 15) is 9.59 Å². The standard InChI is InChI=1S/C32H28BrClN2O6S/c1-5-41-31(38)27-18(2)35-32-36(28(27)20-10-12-22(39-3)13-11-20)30(37)26(43-32)16-19-14-23(33)29(25(15-19)40-4)42-17-21-8-6-7-9-24(21)34/h6-16,28H,5,17H2,1-4H3/b26-16-. The Bertz CT molecular complexity index is 1900. The van der Waals surface area contributed by atoms with Crippen LogP contribution in [0.5, 0.6) is 17.2 Å². The fourth-order valence-electron chi connectivity index (χ4n) is 4.77. The molecule has 0 spiro atoms. The van der Waals surface area contributed by atoms with E-state index in [1.807, 2.05) is 42.5 Å². The number of esters is 1. The highest BCUT2D eigenvalue weighted by Gasteiger charge is 2.33. The third-order valence-electron chi connectivity index (χ3n) is 6.83. The normalized spacial score (nSPS) is 14.7. The van der Waals surface area contributed by atoms with E-state index in [0.29, 0.717) is 52.9 Å². The Morgan fingerprint density at radius 3 is 2.53 bits per heavy atom. The Kier molecular flexibility index (Phi) is 9.39. The maximum Gasteiger partial charge on any atom is 0.338 e. The van der Waals surface area contributed by atoms with E-state index in [0.717, 1.165) is 11.1 Å². The molecule has 1 unspecified atom stereocenters. The van der Waals surface area contributed by atoms with Crippen molar-refractivity contribution >= 4 is 50.9 Å². The van der Waals surface area contributed by atoms with Crippen LogP contribution in [0.4, 0.5) is 0 Å². The number of hydrogen-bond acceptors (Lipinski definition) is 8. The van der Waals surface area contributed by atoms with Gasteiger partial charge in [0.1, 0.15) is 12.4 Å². The van der Waals surface area contributed by atoms with Crippen LogP contribution in [0, 0.1) is 0 Å². The second-order valence-electron chi connectivity index (χ2n) is 9.49. The highest BCUT2D eigenvalue weighted by Crippen LogP contribution is 2.38. The number of halogens is 2. The summed E-state index contributed by atoms with van der Waals surface area (Å²) in [4.78, 5) is 32.2. The number of thiazole rings is 1. The van der Waals surface area contributed by atoms with Gasteiger partial charge in [-0.2, -0.15) is 0 Å². The van der Waals surface area contributed by atoms with Crippen molar-refractivity contribution in [1.82, 2.24) is 4.57 Å². The molecule has 0 radical (unpaired) electrons. The number of carbonyl (C=O) groups is 1. The molecule has 43 heavy (non-hydrogen) atoms. The fourth-order valence-corrected chi connectivity index (χ4v) is 6.58. The Balaban J connectivity index is 1.58. The summed E-state index contributed by atoms with van der Waals surface area (Å²) in [6.45, 7) is 3.94. The summed E-state index contributed by atoms with van der Waals surface area (Å²) in [7, 11) is 3.13. The Morgan fingerprint density at radius 2 is 1.86 bits per heavy atom. The number of rotatable bonds is 9. The van der Waals surface area contributed by atoms with Crippen molar-refractivity contribution in [2.45, 2.75) is 26.5 Å². The SMILES string of the molecule is CCOC(=O)C1=C(C)N=c2s/c(=C\c3cc(Br)c(OCc4ccccc4Cl)c(OC)c3)c(=O)n2C1c1ccc(OC)cc1. The average molecular weight is 684 g/mol. The zero-order valence-corrected chi connectivity index (χ0v) is 27.0. The molecule has 0 N–H and O–H groups in total. The number of allylic oxidation sites excluding steroid dienone is 1. The summed E-state index contributed by atoms with van der Waals surface area (Å²) in [6.07, 6.45) is 1.77. The van der Waals surface area contributed by atoms with E-state index < -0.39 is 12.0 Å². The first-order chi connectivity index (χ1) is 20.7. The van der Waals surface area contributed by atoms with Gasteiger partial charge in [0.05, 0.1) is 47.1 Å². The molecule has 2 heterocycles. The Hall–Kier alpha value is -3.86. The predicted molar refractivity (Wildman–Crippen MR) is 170 cm³/mol. The first kappa shape index (κ1) is 30.6. The molecule has 0 saturated heterocycles. The smallest absolute Gasteiger partial charge is 0.338 e. The average Bonchev–Trinajstić information content (AvgIpc) is 3.30. The summed E-state index contributed by atoms with van der Waals surface area (Å²) in [5.74, 6) is 1.14. The highest BCUT2D eigenvalue weighted by molar-refractivity contribution is 9.10. The third kappa shape index (κ3) is 6.27. The van der Waals surface area contributed by atoms with Crippen molar-refractivity contribution in [3.63, 3.8) is 0 Å². The first-order valence-electron chi connectivity index (χ1n) is 13.3. The van der Waals surface area contributed by atoms with Gasteiger partial charge in [-0.1, -0.05) is 53.3 Å². The molecule has 1 atom stereocenters. The van der Waals surface area contributed by atoms with E-state index in [-0.39, 0.29) is 18.8 Å². The van der Waals surface area contributed by atoms with E-state index in [2.05, 4.69) is 20.9 Å². The van der Waals surface area contributed by atoms with Gasteiger partial charge in [-0.25, -0.2) is 9.79 Å². The summed E-state index contributed by atoms with van der Waals surface area (Å²) in [6, 6.07) is 17.6. The molecule has 0 amide bonds. The van der Waals surface area contributed by atoms with Crippen LogP contribution in [-0.4, -0.2) is 31.4 Å². The number of ether oxygens (including phenoxy) is 4. The molecule has 8 nitrogen and oxygen atoms in total. The van der Waals surface area contributed by atoms with Crippen molar-refractivity contribution < 1.29 is 23.7 Å². The molecule has 1 aliphatic rings. The molecular weight excluding hydrogens is 656 g/mol. The third-order valence-corrected chi connectivity index (χ3v) is 8.77. The number of methoxy groups -OCH3 is 2. The van der Waals surface area contributed by atoms with Crippen LogP contribution in [0.25, 0.3) is 6.08 Å². The maximum atomic E-state index is 14.0. The second-order valence-corrected chi connectivity index (χ2v) is 11.8. The van der Waals surface area contributed by atoms with Gasteiger partial charge < -0.3 is 18.9 Å². The molecule has 0 bridgehead atoms. The van der Waals surface area contributed by atoms with Gasteiger partial charge in [0, 0.05) is 10.6 Å². The zero-order chi connectivity index (χ0) is 30.7. The lowest BCUT2D eigenvalue weighted by atomic mass is 9.96. The second kappa shape index (κ2) is 13.2. The molecular formula is C32H28BrClN2O6S. The van der Waals surface area contributed by atoms with Gasteiger partial charge in [0.2, 0.25) is 0 Å². The van der Waals surface area contributed by atoms with Crippen LogP contribution < -0.4 is 29.1 Å². The van der Waals surface area contributed by atoms with Gasteiger partial charge >= 0.3 is 5.97 Å². The van der Waals surface area contributed by atoms with Crippen LogP contribution in [-0.2, 0) is 16.1 Å². The topological polar surface area (TPSA) is 88.4 Å². The molecule has 11 heteroatoms. The van der Waals surface area contributed by atoms with E-state index in [1.165, 1.54) is 11.3 Å². The van der Waals surface area contributed by atoms with E-state index in [1.54, 1.807) is 56.9 Å². The summed E-state index contributed by atoms with van der Waals surface area (Å²) in [5, 5.41) is 0.610. The minimum atomic E-state index is -0.717. The monoisotopic (exact) mass is 682 g/mol. The van der Waals surface area contributed by atoms with Crippen LogP contribution in [0.15, 0.2) is 86.2 Å². The van der Waals surface area contributed by atoms with Gasteiger partial charge in [0.15, 0.2) is 16.3 Å². The van der Waals surface area contributed by atoms with Crippen molar-refractivity contribution in [3.8, 4) is 17.2 Å². The number of aromatic nitrogens is 1. The van der Waals surface area contributed by atoms with Crippen LogP contribution in [0.2, 0.25) is 5.02 Å². The molecule has 222 valence electrons. The quantitative estimate of drug-likeness (QED) is 0.207. The van der Waals surface area contributed by atoms with Gasteiger partial charge in [0.25, 0.3) is 5.56 Å². The number of fused-ring (bicyclic) bond motifs is 1. The summed E-state index contributed by atoms with van der Waals surface area (Å²) >= 11 is 11.1. The van der Waals surface area contributed by atoms with E-state index in [4.69, 9.17) is 30.5 Å². The zero-order valence-electron chi connectivity index (χ0n) is 23.9. The van der Waals surface area contributed by atoms with Gasteiger partial charge in [-0.05, 0) is 77.3 Å². The lowest BCUT2D eigenvalue weighted by Crippen LogP contribution is -2.39. The van der Waals surface area contributed by atoms with Crippen molar-refractivity contribution in [1.29, 1.82) is 0 Å². The van der Waals surface area contributed by atoms with Crippen LogP contribution in [0.1, 0.15) is 36.6 Å². The molecule has 0 aliphatic carbocycles. The molecule has 5 rings (SSSR count). The summed E-state index contributed by atoms with van der Waals surface area (Å²) in [5.41, 5.74) is 2.81. The fraction of sp³-hybridized carbons (Fsp3) is 0.219. The largest absolute Gasteiger partial charge is 0.497 e. The lowest BCUT2D eigenvalue weighted by Gasteiger charge is -2.24. The first-order valence-corrected chi connectivity index (χ1v) is 15.3. The molecule has 1 aliphatic heterocycles. The summed E-state index contributed by atoms with van der Waals surface area (Å²) < 4.78 is 25.0. The van der Waals surface area contributed by atoms with E-state index >= 15 is 0 Å². The van der Waals surface area contributed by atoms with Crippen molar-refractivity contribution in [2.24, 2.45) is 4.99 Å². The van der Waals surface area contributed by atoms with Crippen molar-refractivity contribution in [2.75, 3.05) is 20.8 Å². The number of nitrogens with zero attached hydrogens (tertiary/aromatic N) is 2. The Labute approximate surface area is 265 Å². The maximum absolute atomic E-state index is 14.0. The minimum absolute atomic E-state index is 0.199. The van der Waals surface area contributed by atoms with Crippen LogP contribution in [0.3, 0.4) is 0 Å². The molecule has 3 aromatic carbocycles. The molecule has 0 saturated carbocycles.